The summed E-state index contributed by atoms with van der Waals surface area (Å²) in [4.78, 5) is 31.0. The van der Waals surface area contributed by atoms with Gasteiger partial charge in [0.2, 0.25) is 5.91 Å². The van der Waals surface area contributed by atoms with Crippen molar-refractivity contribution in [3.05, 3.63) is 107 Å². The lowest BCUT2D eigenvalue weighted by Crippen LogP contribution is -2.46. The third-order valence-electron chi connectivity index (χ3n) is 10.4. The van der Waals surface area contributed by atoms with E-state index < -0.39 is 23.4 Å². The van der Waals surface area contributed by atoms with Gasteiger partial charge in [0.1, 0.15) is 11.8 Å². The molecule has 2 fully saturated rings. The average Bonchev–Trinajstić information content (AvgIpc) is 3.75. The number of para-hydroxylation sites is 1. The number of piperidine rings is 1. The second-order valence-corrected chi connectivity index (χ2v) is 13.9. The molecule has 7 rings (SSSR count). The predicted octanol–water partition coefficient (Wildman–Crippen LogP) is 5.13. The number of hydrogen-bond donors (Lipinski definition) is 2. The van der Waals surface area contributed by atoms with Gasteiger partial charge < -0.3 is 24.7 Å². The van der Waals surface area contributed by atoms with E-state index in [2.05, 4.69) is 10.3 Å². The monoisotopic (exact) mass is 649 g/mol. The van der Waals surface area contributed by atoms with Crippen molar-refractivity contribution < 1.29 is 24.5 Å². The molecule has 5 atom stereocenters. The zero-order chi connectivity index (χ0) is 33.6. The first kappa shape index (κ1) is 32.2. The molecule has 0 radical (unpaired) electrons. The Morgan fingerprint density at radius 1 is 1.02 bits per heavy atom. The molecule has 0 unspecified atom stereocenters. The van der Waals surface area contributed by atoms with E-state index in [4.69, 9.17) is 4.74 Å². The van der Waals surface area contributed by atoms with Crippen molar-refractivity contribution in [2.24, 2.45) is 11.8 Å². The van der Waals surface area contributed by atoms with Crippen LogP contribution in [-0.4, -0.2) is 55.3 Å². The number of aryl methyl sites for hydroxylation is 1. The number of amides is 2. The zero-order valence-electron chi connectivity index (χ0n) is 27.7. The van der Waals surface area contributed by atoms with Crippen LogP contribution in [0.2, 0.25) is 0 Å². The summed E-state index contributed by atoms with van der Waals surface area (Å²) in [5, 5.41) is 30.8. The fraction of sp³-hybridized carbons (Fsp3) is 0.421. The lowest BCUT2D eigenvalue weighted by atomic mass is 9.71. The van der Waals surface area contributed by atoms with Crippen molar-refractivity contribution in [1.29, 1.82) is 0 Å². The lowest BCUT2D eigenvalue weighted by molar-refractivity contribution is -0.146. The largest absolute Gasteiger partial charge is 0.390 e. The van der Waals surface area contributed by atoms with Crippen LogP contribution >= 0.6 is 0 Å². The van der Waals surface area contributed by atoms with Gasteiger partial charge in [-0.25, -0.2) is 0 Å². The third kappa shape index (κ3) is 5.61. The van der Waals surface area contributed by atoms with Crippen molar-refractivity contribution in [3.8, 4) is 0 Å². The molecule has 2 N–H and O–H groups in total. The SMILES string of the molecule is C[C@H]1[C@H](C(C)(C)O)[C@@H](CCn2cc([C@H](O)c3ccccc3)nn2)O[C@]12C(=O)N(Cc1cccc(N3CCCCC3=O)c1)c1ccccc12. The van der Waals surface area contributed by atoms with E-state index in [0.29, 0.717) is 38.2 Å². The smallest absolute Gasteiger partial charge is 0.264 e. The molecule has 4 heterocycles. The maximum absolute atomic E-state index is 14.7. The van der Waals surface area contributed by atoms with Gasteiger partial charge in [-0.2, -0.15) is 0 Å². The molecule has 1 spiro atoms. The van der Waals surface area contributed by atoms with Crippen molar-refractivity contribution in [2.45, 2.75) is 83.0 Å². The number of hydrogen-bond acceptors (Lipinski definition) is 7. The molecule has 0 aliphatic carbocycles. The maximum Gasteiger partial charge on any atom is 0.264 e. The molecule has 4 aromatic rings. The molecule has 2 amide bonds. The first-order valence-electron chi connectivity index (χ1n) is 16.9. The minimum Gasteiger partial charge on any atom is -0.390 e. The first-order valence-corrected chi connectivity index (χ1v) is 16.9. The fourth-order valence-corrected chi connectivity index (χ4v) is 8.16. The Kier molecular flexibility index (Phi) is 8.43. The van der Waals surface area contributed by atoms with Gasteiger partial charge in [-0.15, -0.1) is 5.10 Å². The Hall–Kier alpha value is -4.38. The van der Waals surface area contributed by atoms with Crippen molar-refractivity contribution in [1.82, 2.24) is 15.0 Å². The summed E-state index contributed by atoms with van der Waals surface area (Å²) < 4.78 is 8.61. The van der Waals surface area contributed by atoms with Crippen LogP contribution in [-0.2, 0) is 33.0 Å². The van der Waals surface area contributed by atoms with Gasteiger partial charge in [-0.3, -0.25) is 14.3 Å². The molecule has 250 valence electrons. The number of aromatic nitrogens is 3. The Bertz CT molecular complexity index is 1800. The van der Waals surface area contributed by atoms with Crippen molar-refractivity contribution >= 4 is 23.2 Å². The summed E-state index contributed by atoms with van der Waals surface area (Å²) in [6.07, 6.45) is 3.30. The minimum absolute atomic E-state index is 0.131. The zero-order valence-corrected chi connectivity index (χ0v) is 27.7. The second kappa shape index (κ2) is 12.6. The summed E-state index contributed by atoms with van der Waals surface area (Å²) in [7, 11) is 0. The Morgan fingerprint density at radius 3 is 2.56 bits per heavy atom. The molecule has 0 bridgehead atoms. The number of ether oxygens (including phenoxy) is 1. The van der Waals surface area contributed by atoms with Gasteiger partial charge in [-0.1, -0.05) is 72.8 Å². The highest BCUT2D eigenvalue weighted by molar-refractivity contribution is 6.07. The van der Waals surface area contributed by atoms with Crippen LogP contribution < -0.4 is 9.80 Å². The second-order valence-electron chi connectivity index (χ2n) is 13.9. The summed E-state index contributed by atoms with van der Waals surface area (Å²) in [5.41, 5.74) is 2.14. The standard InChI is InChI=1S/C38H43N5O5/c1-25-34(37(2,3)47)32(19-21-41-24-30(39-40-41)35(45)27-13-5-4-6-14-27)48-38(25)29-16-7-8-17-31(29)43(36(38)46)23-26-12-11-15-28(22-26)42-20-10-9-18-33(42)44/h4-8,11-17,22,24-25,32,34-35,45,47H,9-10,18-21,23H2,1-3H3/t25-,32+,34-,35+,38+/m0/s1. The Balaban J connectivity index is 1.15. The van der Waals surface area contributed by atoms with Crippen molar-refractivity contribution in [2.75, 3.05) is 16.3 Å². The quantitative estimate of drug-likeness (QED) is 0.258. The number of anilines is 2. The number of carbonyl (C=O) groups excluding carboxylic acids is 2. The molecule has 2 saturated heterocycles. The number of benzene rings is 3. The highest BCUT2D eigenvalue weighted by atomic mass is 16.5. The Morgan fingerprint density at radius 2 is 1.79 bits per heavy atom. The van der Waals surface area contributed by atoms with Gasteiger partial charge >= 0.3 is 0 Å². The number of aliphatic hydroxyl groups excluding tert-OH is 1. The van der Waals surface area contributed by atoms with E-state index in [1.165, 1.54) is 0 Å². The molecule has 3 aliphatic rings. The molecule has 0 saturated carbocycles. The molecule has 10 nitrogen and oxygen atoms in total. The average molecular weight is 650 g/mol. The highest BCUT2D eigenvalue weighted by Gasteiger charge is 2.65. The fourth-order valence-electron chi connectivity index (χ4n) is 8.16. The van der Waals surface area contributed by atoms with E-state index in [1.807, 2.05) is 90.7 Å². The normalized spacial score (nSPS) is 24.8. The number of fused-ring (bicyclic) bond motifs is 2. The van der Waals surface area contributed by atoms with Crippen LogP contribution in [0.4, 0.5) is 11.4 Å². The number of nitrogens with zero attached hydrogens (tertiary/aromatic N) is 5. The van der Waals surface area contributed by atoms with Crippen molar-refractivity contribution in [3.63, 3.8) is 0 Å². The summed E-state index contributed by atoms with van der Waals surface area (Å²) >= 11 is 0. The number of rotatable bonds is 9. The molecule has 48 heavy (non-hydrogen) atoms. The van der Waals surface area contributed by atoms with Crippen LogP contribution in [0.3, 0.4) is 0 Å². The molecule has 1 aromatic heterocycles. The Labute approximate surface area is 280 Å². The maximum atomic E-state index is 14.7. The van der Waals surface area contributed by atoms with Gasteiger partial charge in [0, 0.05) is 42.6 Å². The molecule has 3 aliphatic heterocycles. The van der Waals surface area contributed by atoms with Crippen LogP contribution in [0.25, 0.3) is 0 Å². The molecular formula is C38H43N5O5. The van der Waals surface area contributed by atoms with Gasteiger partial charge in [-0.05, 0) is 62.4 Å². The molecule has 3 aromatic carbocycles. The summed E-state index contributed by atoms with van der Waals surface area (Å²) in [6.45, 7) is 7.02. The van der Waals surface area contributed by atoms with E-state index in [-0.39, 0.29) is 23.7 Å². The van der Waals surface area contributed by atoms with Crippen LogP contribution in [0.15, 0.2) is 85.1 Å². The topological polar surface area (TPSA) is 121 Å². The first-order chi connectivity index (χ1) is 23.1. The van der Waals surface area contributed by atoms with Crippen LogP contribution in [0.1, 0.15) is 74.9 Å². The minimum atomic E-state index is -1.27. The van der Waals surface area contributed by atoms with Gasteiger partial charge in [0.15, 0.2) is 5.60 Å². The molecular weight excluding hydrogens is 606 g/mol. The number of aliphatic hydroxyl groups is 2. The molecule has 10 heteroatoms. The van der Waals surface area contributed by atoms with E-state index in [1.54, 1.807) is 29.6 Å². The van der Waals surface area contributed by atoms with Crippen LogP contribution in [0, 0.1) is 11.8 Å². The number of carbonyl (C=O) groups is 2. The van der Waals surface area contributed by atoms with Gasteiger partial charge in [0.05, 0.1) is 30.1 Å². The van der Waals surface area contributed by atoms with E-state index >= 15 is 0 Å². The van der Waals surface area contributed by atoms with E-state index in [0.717, 1.165) is 40.9 Å². The third-order valence-corrected chi connectivity index (χ3v) is 10.4. The predicted molar refractivity (Wildman–Crippen MR) is 181 cm³/mol. The van der Waals surface area contributed by atoms with E-state index in [9.17, 15) is 19.8 Å². The lowest BCUT2D eigenvalue weighted by Gasteiger charge is -2.34. The van der Waals surface area contributed by atoms with Gasteiger partial charge in [0.25, 0.3) is 5.91 Å². The summed E-state index contributed by atoms with van der Waals surface area (Å²) in [5.74, 6) is -0.724. The summed E-state index contributed by atoms with van der Waals surface area (Å²) in [6, 6.07) is 25.0. The van der Waals surface area contributed by atoms with Crippen LogP contribution in [0.5, 0.6) is 0 Å². The highest BCUT2D eigenvalue weighted by Crippen LogP contribution is 2.58.